The summed E-state index contributed by atoms with van der Waals surface area (Å²) in [6, 6.07) is 7.52. The van der Waals surface area contributed by atoms with Crippen LogP contribution in [0.5, 0.6) is 0 Å². The number of aliphatic imine (C=N–C) groups is 1. The molecule has 0 aliphatic carbocycles. The van der Waals surface area contributed by atoms with Gasteiger partial charge in [-0.1, -0.05) is 23.7 Å². The minimum Gasteiger partial charge on any atom is -0.368 e. The average Bonchev–Trinajstić information content (AvgIpc) is 2.21. The van der Waals surface area contributed by atoms with Crippen LogP contribution >= 0.6 is 24.0 Å². The molecule has 0 amide bonds. The molecule has 0 saturated heterocycles. The molecule has 0 unspecified atom stereocenters. The van der Waals surface area contributed by atoms with Crippen molar-refractivity contribution in [3.05, 3.63) is 34.9 Å². The van der Waals surface area contributed by atoms with Crippen LogP contribution in [0.4, 0.5) is 0 Å². The van der Waals surface area contributed by atoms with Crippen molar-refractivity contribution in [2.45, 2.75) is 6.42 Å². The second-order valence-electron chi connectivity index (χ2n) is 2.76. The van der Waals surface area contributed by atoms with Crippen molar-refractivity contribution in [2.75, 3.05) is 6.54 Å². The van der Waals surface area contributed by atoms with E-state index < -0.39 is 0 Å². The van der Waals surface area contributed by atoms with Gasteiger partial charge in [-0.25, -0.2) is 5.48 Å². The molecule has 0 fully saturated rings. The lowest BCUT2D eigenvalue weighted by Gasteiger charge is -1.99. The second-order valence-corrected chi connectivity index (χ2v) is 3.19. The highest BCUT2D eigenvalue weighted by Crippen LogP contribution is 2.09. The van der Waals surface area contributed by atoms with E-state index in [1.165, 1.54) is 0 Å². The summed E-state index contributed by atoms with van der Waals surface area (Å²) in [5.74, 6) is 0.0268. The monoisotopic (exact) mass is 249 g/mol. The van der Waals surface area contributed by atoms with E-state index in [9.17, 15) is 0 Å². The third-order valence-electron chi connectivity index (χ3n) is 1.71. The molecule has 0 spiro atoms. The number of halogens is 2. The second kappa shape index (κ2) is 7.34. The summed E-state index contributed by atoms with van der Waals surface area (Å²) < 4.78 is 0. The van der Waals surface area contributed by atoms with Crippen molar-refractivity contribution >= 4 is 30.0 Å². The molecular formula is C9H13Cl2N3O. The first-order valence-corrected chi connectivity index (χ1v) is 4.54. The summed E-state index contributed by atoms with van der Waals surface area (Å²) in [7, 11) is 0. The Balaban J connectivity index is 0.00000196. The van der Waals surface area contributed by atoms with Gasteiger partial charge in [-0.05, 0) is 24.1 Å². The third-order valence-corrected chi connectivity index (χ3v) is 1.96. The van der Waals surface area contributed by atoms with Crippen molar-refractivity contribution in [2.24, 2.45) is 10.7 Å². The molecule has 4 nitrogen and oxygen atoms in total. The Morgan fingerprint density at radius 2 is 2.00 bits per heavy atom. The minimum absolute atomic E-state index is 0. The zero-order chi connectivity index (χ0) is 10.4. The molecule has 0 saturated carbocycles. The van der Waals surface area contributed by atoms with Gasteiger partial charge in [0, 0.05) is 11.6 Å². The van der Waals surface area contributed by atoms with Gasteiger partial charge in [0.25, 0.3) is 0 Å². The van der Waals surface area contributed by atoms with Crippen molar-refractivity contribution in [3.8, 4) is 0 Å². The zero-order valence-corrected chi connectivity index (χ0v) is 9.55. The van der Waals surface area contributed by atoms with Gasteiger partial charge >= 0.3 is 0 Å². The maximum atomic E-state index is 8.35. The SMILES string of the molecule is Cl.NC(=NCCc1ccc(Cl)cc1)NO. The number of nitrogens with one attached hydrogen (secondary N) is 1. The molecule has 1 aromatic rings. The Kier molecular flexibility index (Phi) is 6.86. The number of rotatable bonds is 3. The first-order chi connectivity index (χ1) is 6.72. The molecule has 1 aromatic carbocycles. The third kappa shape index (κ3) is 5.47. The van der Waals surface area contributed by atoms with Gasteiger partial charge in [0.1, 0.15) is 0 Å². The van der Waals surface area contributed by atoms with Crippen LogP contribution in [0.2, 0.25) is 5.02 Å². The van der Waals surface area contributed by atoms with Crippen LogP contribution < -0.4 is 11.2 Å². The smallest absolute Gasteiger partial charge is 0.212 e. The quantitative estimate of drug-likeness (QED) is 0.433. The van der Waals surface area contributed by atoms with Crippen LogP contribution in [0.15, 0.2) is 29.3 Å². The van der Waals surface area contributed by atoms with E-state index in [0.29, 0.717) is 11.6 Å². The fraction of sp³-hybridized carbons (Fsp3) is 0.222. The maximum Gasteiger partial charge on any atom is 0.212 e. The van der Waals surface area contributed by atoms with Crippen LogP contribution in [0.25, 0.3) is 0 Å². The summed E-state index contributed by atoms with van der Waals surface area (Å²) in [6.07, 6.45) is 0.763. The summed E-state index contributed by atoms with van der Waals surface area (Å²) in [5, 5.41) is 9.06. The summed E-state index contributed by atoms with van der Waals surface area (Å²) in [6.45, 7) is 0.529. The molecule has 4 N–H and O–H groups in total. The number of nitrogens with zero attached hydrogens (tertiary/aromatic N) is 1. The number of nitrogens with two attached hydrogens (primary N) is 1. The number of hydrogen-bond donors (Lipinski definition) is 3. The van der Waals surface area contributed by atoms with E-state index in [1.807, 2.05) is 24.3 Å². The largest absolute Gasteiger partial charge is 0.368 e. The first kappa shape index (κ1) is 14.0. The predicted octanol–water partition coefficient (Wildman–Crippen LogP) is 1.60. The molecular weight excluding hydrogens is 237 g/mol. The van der Waals surface area contributed by atoms with Gasteiger partial charge in [-0.2, -0.15) is 0 Å². The van der Waals surface area contributed by atoms with Crippen LogP contribution in [0.3, 0.4) is 0 Å². The molecule has 0 aromatic heterocycles. The maximum absolute atomic E-state index is 8.35. The molecule has 0 atom stereocenters. The minimum atomic E-state index is 0. The molecule has 1 rings (SSSR count). The molecule has 6 heteroatoms. The predicted molar refractivity (Wildman–Crippen MR) is 63.8 cm³/mol. The number of benzene rings is 1. The molecule has 0 aliphatic rings. The van der Waals surface area contributed by atoms with Crippen LogP contribution in [-0.4, -0.2) is 17.7 Å². The Labute approximate surface area is 99.5 Å². The number of hydroxylamine groups is 1. The highest BCUT2D eigenvalue weighted by Gasteiger charge is 1.92. The van der Waals surface area contributed by atoms with Crippen LogP contribution in [0, 0.1) is 0 Å². The fourth-order valence-electron chi connectivity index (χ4n) is 0.992. The van der Waals surface area contributed by atoms with Crippen molar-refractivity contribution in [3.63, 3.8) is 0 Å². The standard InChI is InChI=1S/C9H12ClN3O.ClH/c10-8-3-1-7(2-4-8)5-6-12-9(11)13-14;/h1-4,14H,5-6H2,(H3,11,12,13);1H. The molecule has 0 heterocycles. The Bertz CT molecular complexity index is 314. The molecule has 0 bridgehead atoms. The highest BCUT2D eigenvalue weighted by molar-refractivity contribution is 6.30. The van der Waals surface area contributed by atoms with Crippen molar-refractivity contribution in [1.29, 1.82) is 0 Å². The van der Waals surface area contributed by atoms with E-state index in [1.54, 1.807) is 5.48 Å². The molecule has 0 aliphatic heterocycles. The van der Waals surface area contributed by atoms with Crippen LogP contribution in [0.1, 0.15) is 5.56 Å². The van der Waals surface area contributed by atoms with Crippen molar-refractivity contribution < 1.29 is 5.21 Å². The Morgan fingerprint density at radius 3 is 2.53 bits per heavy atom. The van der Waals surface area contributed by atoms with E-state index in [4.69, 9.17) is 22.5 Å². The van der Waals surface area contributed by atoms with Gasteiger partial charge in [-0.15, -0.1) is 12.4 Å². The average molecular weight is 250 g/mol. The lowest BCUT2D eigenvalue weighted by atomic mass is 10.1. The van der Waals surface area contributed by atoms with Crippen LogP contribution in [-0.2, 0) is 6.42 Å². The zero-order valence-electron chi connectivity index (χ0n) is 7.98. The first-order valence-electron chi connectivity index (χ1n) is 4.17. The summed E-state index contributed by atoms with van der Waals surface area (Å²) in [5.41, 5.74) is 8.12. The number of guanidine groups is 1. The summed E-state index contributed by atoms with van der Waals surface area (Å²) in [4.78, 5) is 3.86. The Morgan fingerprint density at radius 1 is 1.40 bits per heavy atom. The molecule has 15 heavy (non-hydrogen) atoms. The van der Waals surface area contributed by atoms with E-state index in [0.717, 1.165) is 12.0 Å². The van der Waals surface area contributed by atoms with Crippen molar-refractivity contribution in [1.82, 2.24) is 5.48 Å². The normalized spacial score (nSPS) is 10.7. The molecule has 84 valence electrons. The van der Waals surface area contributed by atoms with E-state index in [-0.39, 0.29) is 18.4 Å². The van der Waals surface area contributed by atoms with Gasteiger partial charge in [-0.3, -0.25) is 10.2 Å². The van der Waals surface area contributed by atoms with E-state index >= 15 is 0 Å². The summed E-state index contributed by atoms with van der Waals surface area (Å²) >= 11 is 5.73. The van der Waals surface area contributed by atoms with Gasteiger partial charge in [0.15, 0.2) is 0 Å². The van der Waals surface area contributed by atoms with Gasteiger partial charge in [0.2, 0.25) is 5.96 Å². The Hall–Kier alpha value is -0.970. The van der Waals surface area contributed by atoms with Gasteiger partial charge in [0.05, 0.1) is 0 Å². The van der Waals surface area contributed by atoms with Gasteiger partial charge < -0.3 is 5.73 Å². The fourth-order valence-corrected chi connectivity index (χ4v) is 1.12. The lowest BCUT2D eigenvalue weighted by Crippen LogP contribution is -2.28. The number of hydrogen-bond acceptors (Lipinski definition) is 2. The van der Waals surface area contributed by atoms with E-state index in [2.05, 4.69) is 4.99 Å². The topological polar surface area (TPSA) is 70.6 Å². The highest BCUT2D eigenvalue weighted by atomic mass is 35.5. The molecule has 0 radical (unpaired) electrons. The lowest BCUT2D eigenvalue weighted by molar-refractivity contribution is 0.232.